The van der Waals surface area contributed by atoms with E-state index in [4.69, 9.17) is 10.5 Å². The van der Waals surface area contributed by atoms with Crippen LogP contribution in [-0.2, 0) is 0 Å². The third-order valence-electron chi connectivity index (χ3n) is 1.62. The van der Waals surface area contributed by atoms with Crippen molar-refractivity contribution in [3.63, 3.8) is 0 Å². The summed E-state index contributed by atoms with van der Waals surface area (Å²) in [7, 11) is 0. The van der Waals surface area contributed by atoms with Gasteiger partial charge in [0.05, 0.1) is 6.10 Å². The molecule has 0 amide bonds. The molecule has 0 spiro atoms. The first-order valence-corrected chi connectivity index (χ1v) is 4.01. The molecule has 12 heavy (non-hydrogen) atoms. The van der Waals surface area contributed by atoms with Crippen LogP contribution in [-0.4, -0.2) is 16.9 Å². The van der Waals surface area contributed by atoms with Gasteiger partial charge in [-0.25, -0.2) is 0 Å². The topological polar surface area (TPSA) is 44.1 Å². The van der Waals surface area contributed by atoms with Gasteiger partial charge in [-0.15, -0.1) is 0 Å². The summed E-state index contributed by atoms with van der Waals surface area (Å²) in [6, 6.07) is 9.46. The molecule has 0 radical (unpaired) electrons. The van der Waals surface area contributed by atoms with Crippen LogP contribution in [0.5, 0.6) is 0 Å². The lowest BCUT2D eigenvalue weighted by Gasteiger charge is -2.05. The van der Waals surface area contributed by atoms with E-state index in [0.29, 0.717) is 12.1 Å². The maximum Gasteiger partial charge on any atom is 0.0567 e. The molecule has 2 N–H and O–H groups in total. The molecule has 1 aromatic rings. The molecule has 1 aromatic carbocycles. The van der Waals surface area contributed by atoms with Gasteiger partial charge < -0.3 is 10.5 Å². The normalized spacial score (nSPS) is 12.5. The summed E-state index contributed by atoms with van der Waals surface area (Å²) in [5, 5.41) is 16.6. The van der Waals surface area contributed by atoms with Crippen LogP contribution in [0.1, 0.15) is 18.9 Å². The fraction of sp³-hybridized carbons (Fsp3) is 0.300. The summed E-state index contributed by atoms with van der Waals surface area (Å²) in [5.74, 6) is 0. The number of rotatable bonds is 3. The van der Waals surface area contributed by atoms with E-state index in [1.54, 1.807) is 6.92 Å². The van der Waals surface area contributed by atoms with Gasteiger partial charge >= 0.3 is 0 Å². The van der Waals surface area contributed by atoms with E-state index in [-0.39, 0.29) is 0 Å². The van der Waals surface area contributed by atoms with Crippen molar-refractivity contribution >= 4 is 5.71 Å². The van der Waals surface area contributed by atoms with Crippen LogP contribution in [0, 0.1) is 5.41 Å². The van der Waals surface area contributed by atoms with Gasteiger partial charge in [0.2, 0.25) is 0 Å². The molecule has 0 aliphatic heterocycles. The van der Waals surface area contributed by atoms with E-state index in [2.05, 4.69) is 0 Å². The average Bonchev–Trinajstić information content (AvgIpc) is 2.05. The molecule has 0 aromatic heterocycles. The van der Waals surface area contributed by atoms with E-state index in [9.17, 15) is 0 Å². The Labute approximate surface area is 72.4 Å². The highest BCUT2D eigenvalue weighted by molar-refractivity contribution is 5.98. The minimum Gasteiger partial charge on any atom is -0.393 e. The van der Waals surface area contributed by atoms with Crippen molar-refractivity contribution in [2.24, 2.45) is 0 Å². The van der Waals surface area contributed by atoms with Gasteiger partial charge in [0.15, 0.2) is 0 Å². The van der Waals surface area contributed by atoms with Crippen LogP contribution in [0.15, 0.2) is 30.3 Å². The zero-order valence-electron chi connectivity index (χ0n) is 7.12. The summed E-state index contributed by atoms with van der Waals surface area (Å²) in [6.07, 6.45) is -0.0120. The smallest absolute Gasteiger partial charge is 0.0567 e. The Morgan fingerprint density at radius 3 is 2.50 bits per heavy atom. The van der Waals surface area contributed by atoms with Crippen molar-refractivity contribution in [1.82, 2.24) is 0 Å². The van der Waals surface area contributed by atoms with E-state index in [1.807, 2.05) is 30.3 Å². The van der Waals surface area contributed by atoms with Gasteiger partial charge in [0, 0.05) is 12.1 Å². The molecule has 1 rings (SSSR count). The van der Waals surface area contributed by atoms with Crippen molar-refractivity contribution in [3.8, 4) is 0 Å². The van der Waals surface area contributed by atoms with Crippen LogP contribution in [0.3, 0.4) is 0 Å². The van der Waals surface area contributed by atoms with E-state index in [1.165, 1.54) is 0 Å². The summed E-state index contributed by atoms with van der Waals surface area (Å²) >= 11 is 0. The molecule has 0 bridgehead atoms. The fourth-order valence-electron chi connectivity index (χ4n) is 1.05. The summed E-state index contributed by atoms with van der Waals surface area (Å²) in [5.41, 5.74) is 1.38. The second-order valence-corrected chi connectivity index (χ2v) is 2.90. The van der Waals surface area contributed by atoms with Gasteiger partial charge in [-0.05, 0) is 12.5 Å². The third kappa shape index (κ3) is 2.47. The molecule has 0 saturated carbocycles. The van der Waals surface area contributed by atoms with Crippen molar-refractivity contribution < 1.29 is 5.11 Å². The van der Waals surface area contributed by atoms with E-state index in [0.717, 1.165) is 5.56 Å². The summed E-state index contributed by atoms with van der Waals surface area (Å²) < 4.78 is 0. The molecule has 64 valence electrons. The molecule has 2 heteroatoms. The minimum atomic E-state index is -0.433. The Morgan fingerprint density at radius 2 is 2.00 bits per heavy atom. The lowest BCUT2D eigenvalue weighted by molar-refractivity contribution is 0.203. The minimum absolute atomic E-state index is 0.421. The Hall–Kier alpha value is -1.15. The Bertz CT molecular complexity index is 254. The van der Waals surface area contributed by atoms with Crippen LogP contribution < -0.4 is 0 Å². The second kappa shape index (κ2) is 4.02. The average molecular weight is 163 g/mol. The van der Waals surface area contributed by atoms with Crippen molar-refractivity contribution in [1.29, 1.82) is 5.41 Å². The number of hydrogen-bond acceptors (Lipinski definition) is 2. The molecular weight excluding hydrogens is 150 g/mol. The largest absolute Gasteiger partial charge is 0.393 e. The Morgan fingerprint density at radius 1 is 1.42 bits per heavy atom. The molecule has 2 nitrogen and oxygen atoms in total. The molecule has 0 aliphatic rings. The third-order valence-corrected chi connectivity index (χ3v) is 1.62. The molecular formula is C10H13NO. The van der Waals surface area contributed by atoms with Crippen LogP contribution in [0.25, 0.3) is 0 Å². The SMILES string of the molecule is CC(O)CC(=N)c1ccccc1. The molecule has 1 unspecified atom stereocenters. The zero-order valence-corrected chi connectivity index (χ0v) is 7.12. The number of benzene rings is 1. The molecule has 0 aliphatic carbocycles. The maximum absolute atomic E-state index is 9.04. The van der Waals surface area contributed by atoms with E-state index >= 15 is 0 Å². The van der Waals surface area contributed by atoms with Crippen molar-refractivity contribution in [2.45, 2.75) is 19.4 Å². The highest BCUT2D eigenvalue weighted by Gasteiger charge is 2.03. The van der Waals surface area contributed by atoms with Crippen LogP contribution in [0.4, 0.5) is 0 Å². The zero-order chi connectivity index (χ0) is 8.97. The first-order chi connectivity index (χ1) is 5.70. The van der Waals surface area contributed by atoms with Crippen molar-refractivity contribution in [3.05, 3.63) is 35.9 Å². The Kier molecular flexibility index (Phi) is 3.00. The highest BCUT2D eigenvalue weighted by atomic mass is 16.3. The number of aliphatic hydroxyl groups is 1. The van der Waals surface area contributed by atoms with Gasteiger partial charge in [0.25, 0.3) is 0 Å². The van der Waals surface area contributed by atoms with Crippen LogP contribution in [0.2, 0.25) is 0 Å². The molecule has 0 heterocycles. The maximum atomic E-state index is 9.04. The van der Waals surface area contributed by atoms with Crippen LogP contribution >= 0.6 is 0 Å². The Balaban J connectivity index is 2.66. The number of hydrogen-bond donors (Lipinski definition) is 2. The van der Waals surface area contributed by atoms with Gasteiger partial charge in [-0.1, -0.05) is 30.3 Å². The van der Waals surface area contributed by atoms with Gasteiger partial charge in [-0.2, -0.15) is 0 Å². The number of nitrogens with one attached hydrogen (secondary N) is 1. The predicted molar refractivity (Wildman–Crippen MR) is 49.6 cm³/mol. The lowest BCUT2D eigenvalue weighted by atomic mass is 10.1. The van der Waals surface area contributed by atoms with Crippen molar-refractivity contribution in [2.75, 3.05) is 0 Å². The van der Waals surface area contributed by atoms with E-state index < -0.39 is 6.10 Å². The molecule has 0 saturated heterocycles. The summed E-state index contributed by atoms with van der Waals surface area (Å²) in [6.45, 7) is 1.69. The monoisotopic (exact) mass is 163 g/mol. The molecule has 1 atom stereocenters. The predicted octanol–water partition coefficient (Wildman–Crippen LogP) is 1.83. The van der Waals surface area contributed by atoms with Gasteiger partial charge in [-0.3, -0.25) is 0 Å². The first kappa shape index (κ1) is 8.94. The second-order valence-electron chi connectivity index (χ2n) is 2.90. The van der Waals surface area contributed by atoms with Gasteiger partial charge in [0.1, 0.15) is 0 Å². The fourth-order valence-corrected chi connectivity index (χ4v) is 1.05. The standard InChI is InChI=1S/C10H13NO/c1-8(12)7-10(11)9-5-3-2-4-6-9/h2-6,8,11-12H,7H2,1H3. The lowest BCUT2D eigenvalue weighted by Crippen LogP contribution is -2.09. The summed E-state index contributed by atoms with van der Waals surface area (Å²) in [4.78, 5) is 0. The quantitative estimate of drug-likeness (QED) is 0.656. The highest BCUT2D eigenvalue weighted by Crippen LogP contribution is 2.04. The first-order valence-electron chi connectivity index (χ1n) is 4.01. The number of aliphatic hydroxyl groups excluding tert-OH is 1. The molecule has 0 fully saturated rings.